The van der Waals surface area contributed by atoms with Crippen LogP contribution in [0.25, 0.3) is 0 Å². The normalized spacial score (nSPS) is 22.1. The van der Waals surface area contributed by atoms with Crippen molar-refractivity contribution in [3.63, 3.8) is 0 Å². The van der Waals surface area contributed by atoms with Gasteiger partial charge in [-0.1, -0.05) is 0 Å². The number of piperazine rings is 1. The molecular weight excluding hydrogens is 338 g/mol. The van der Waals surface area contributed by atoms with Gasteiger partial charge in [-0.25, -0.2) is 4.98 Å². The van der Waals surface area contributed by atoms with Crippen molar-refractivity contribution < 1.29 is 4.74 Å². The first-order valence-corrected chi connectivity index (χ1v) is 10.1. The molecule has 0 radical (unpaired) electrons. The third-order valence-electron chi connectivity index (χ3n) is 5.90. The van der Waals surface area contributed by atoms with E-state index in [1.807, 2.05) is 13.1 Å². The Morgan fingerprint density at radius 1 is 1.11 bits per heavy atom. The maximum Gasteiger partial charge on any atom is 0.119 e. The van der Waals surface area contributed by atoms with Crippen LogP contribution in [-0.4, -0.2) is 72.2 Å². The first-order chi connectivity index (χ1) is 13.2. The summed E-state index contributed by atoms with van der Waals surface area (Å²) in [5.41, 5.74) is 2.54. The van der Waals surface area contributed by atoms with Gasteiger partial charge in [-0.2, -0.15) is 0 Å². The monoisotopic (exact) mass is 369 g/mol. The fourth-order valence-electron chi connectivity index (χ4n) is 4.40. The molecular formula is C21H31N5O. The van der Waals surface area contributed by atoms with E-state index in [9.17, 15) is 0 Å². The van der Waals surface area contributed by atoms with Crippen LogP contribution in [0, 0.1) is 6.92 Å². The van der Waals surface area contributed by atoms with Crippen LogP contribution in [0.5, 0.6) is 5.75 Å². The number of H-pyrrole nitrogens is 1. The van der Waals surface area contributed by atoms with E-state index in [0.29, 0.717) is 6.04 Å². The van der Waals surface area contributed by atoms with Gasteiger partial charge in [0.2, 0.25) is 0 Å². The number of aryl methyl sites for hydroxylation is 1. The number of aromatic nitrogens is 2. The van der Waals surface area contributed by atoms with Crippen molar-refractivity contribution in [3.8, 4) is 5.75 Å². The molecule has 1 aromatic carbocycles. The number of rotatable bonds is 5. The summed E-state index contributed by atoms with van der Waals surface area (Å²) in [6.07, 6.45) is 4.59. The lowest BCUT2D eigenvalue weighted by Crippen LogP contribution is -2.55. The van der Waals surface area contributed by atoms with Crippen molar-refractivity contribution in [2.75, 3.05) is 51.3 Å². The SMILES string of the molecule is COc1ccc(N2CCN(C3CCCN(Cc4cnc(C)[nH]4)C3)CC2)cc1. The van der Waals surface area contributed by atoms with Crippen LogP contribution in [0.15, 0.2) is 30.5 Å². The first-order valence-electron chi connectivity index (χ1n) is 10.1. The average Bonchev–Trinajstić information content (AvgIpc) is 3.13. The third-order valence-corrected chi connectivity index (χ3v) is 5.90. The Morgan fingerprint density at radius 3 is 2.56 bits per heavy atom. The molecule has 146 valence electrons. The highest BCUT2D eigenvalue weighted by atomic mass is 16.5. The number of piperidine rings is 1. The Bertz CT molecular complexity index is 720. The molecule has 1 N–H and O–H groups in total. The molecule has 2 aliphatic heterocycles. The van der Waals surface area contributed by atoms with Gasteiger partial charge in [0.1, 0.15) is 11.6 Å². The van der Waals surface area contributed by atoms with Crippen LogP contribution < -0.4 is 9.64 Å². The van der Waals surface area contributed by atoms with Gasteiger partial charge in [-0.15, -0.1) is 0 Å². The van der Waals surface area contributed by atoms with Gasteiger partial charge in [-0.3, -0.25) is 9.80 Å². The van der Waals surface area contributed by atoms with E-state index in [-0.39, 0.29) is 0 Å². The molecule has 1 atom stereocenters. The van der Waals surface area contributed by atoms with Gasteiger partial charge in [0.25, 0.3) is 0 Å². The summed E-state index contributed by atoms with van der Waals surface area (Å²) in [4.78, 5) is 15.5. The number of benzene rings is 1. The van der Waals surface area contributed by atoms with Crippen molar-refractivity contribution in [2.45, 2.75) is 32.4 Å². The molecule has 0 spiro atoms. The van der Waals surface area contributed by atoms with Crippen LogP contribution >= 0.6 is 0 Å². The van der Waals surface area contributed by atoms with Gasteiger partial charge < -0.3 is 14.6 Å². The second kappa shape index (κ2) is 8.31. The number of aromatic amines is 1. The van der Waals surface area contributed by atoms with Crippen LogP contribution in [-0.2, 0) is 6.54 Å². The number of hydrogen-bond acceptors (Lipinski definition) is 5. The number of likely N-dealkylation sites (tertiary alicyclic amines) is 1. The molecule has 6 nitrogen and oxygen atoms in total. The summed E-state index contributed by atoms with van der Waals surface area (Å²) in [5, 5.41) is 0. The van der Waals surface area contributed by atoms with E-state index < -0.39 is 0 Å². The van der Waals surface area contributed by atoms with E-state index in [2.05, 4.69) is 48.9 Å². The number of anilines is 1. The maximum absolute atomic E-state index is 5.27. The number of nitrogens with one attached hydrogen (secondary N) is 1. The van der Waals surface area contributed by atoms with Crippen LogP contribution in [0.1, 0.15) is 24.4 Å². The fraction of sp³-hybridized carbons (Fsp3) is 0.571. The summed E-state index contributed by atoms with van der Waals surface area (Å²) in [7, 11) is 1.72. The lowest BCUT2D eigenvalue weighted by Gasteiger charge is -2.44. The highest BCUT2D eigenvalue weighted by Gasteiger charge is 2.28. The Balaban J connectivity index is 1.29. The Morgan fingerprint density at radius 2 is 1.89 bits per heavy atom. The summed E-state index contributed by atoms with van der Waals surface area (Å²) in [5.74, 6) is 1.93. The highest BCUT2D eigenvalue weighted by Crippen LogP contribution is 2.23. The summed E-state index contributed by atoms with van der Waals surface area (Å²) < 4.78 is 5.27. The minimum absolute atomic E-state index is 0.681. The van der Waals surface area contributed by atoms with Gasteiger partial charge in [0.15, 0.2) is 0 Å². The van der Waals surface area contributed by atoms with E-state index in [1.54, 1.807) is 7.11 Å². The third kappa shape index (κ3) is 4.45. The summed E-state index contributed by atoms with van der Waals surface area (Å²) in [6, 6.07) is 9.13. The summed E-state index contributed by atoms with van der Waals surface area (Å²) >= 11 is 0. The van der Waals surface area contributed by atoms with E-state index in [4.69, 9.17) is 4.74 Å². The molecule has 2 saturated heterocycles. The van der Waals surface area contributed by atoms with Crippen molar-refractivity contribution in [1.82, 2.24) is 19.8 Å². The molecule has 2 aromatic rings. The van der Waals surface area contributed by atoms with E-state index in [0.717, 1.165) is 44.3 Å². The number of imidazole rings is 1. The summed E-state index contributed by atoms with van der Waals surface area (Å²) in [6.45, 7) is 9.86. The quantitative estimate of drug-likeness (QED) is 0.878. The molecule has 1 unspecified atom stereocenters. The molecule has 3 heterocycles. The predicted octanol–water partition coefficient (Wildman–Crippen LogP) is 2.51. The predicted molar refractivity (Wildman–Crippen MR) is 108 cm³/mol. The van der Waals surface area contributed by atoms with E-state index >= 15 is 0 Å². The zero-order valence-electron chi connectivity index (χ0n) is 16.5. The molecule has 1 aromatic heterocycles. The fourth-order valence-corrected chi connectivity index (χ4v) is 4.40. The maximum atomic E-state index is 5.27. The van der Waals surface area contributed by atoms with Crippen molar-refractivity contribution in [2.24, 2.45) is 0 Å². The smallest absolute Gasteiger partial charge is 0.119 e. The largest absolute Gasteiger partial charge is 0.497 e. The molecule has 6 heteroatoms. The lowest BCUT2D eigenvalue weighted by atomic mass is 10.0. The highest BCUT2D eigenvalue weighted by molar-refractivity contribution is 5.49. The van der Waals surface area contributed by atoms with Crippen molar-refractivity contribution >= 4 is 5.69 Å². The van der Waals surface area contributed by atoms with Crippen LogP contribution in [0.2, 0.25) is 0 Å². The topological polar surface area (TPSA) is 47.6 Å². The standard InChI is InChI=1S/C21H31N5O/c1-17-22-14-18(23-17)15-24-9-3-4-20(16-24)26-12-10-25(11-13-26)19-5-7-21(27-2)8-6-19/h5-8,14,20H,3-4,9-13,15-16H2,1-2H3,(H,22,23). The Hall–Kier alpha value is -2.05. The number of methoxy groups -OCH3 is 1. The average molecular weight is 370 g/mol. The van der Waals surface area contributed by atoms with Gasteiger partial charge in [0, 0.05) is 62.9 Å². The van der Waals surface area contributed by atoms with Crippen LogP contribution in [0.4, 0.5) is 5.69 Å². The minimum atomic E-state index is 0.681. The van der Waals surface area contributed by atoms with Gasteiger partial charge in [0.05, 0.1) is 7.11 Å². The number of nitrogens with zero attached hydrogens (tertiary/aromatic N) is 4. The molecule has 0 saturated carbocycles. The number of hydrogen-bond donors (Lipinski definition) is 1. The van der Waals surface area contributed by atoms with Gasteiger partial charge in [-0.05, 0) is 50.6 Å². The second-order valence-electron chi connectivity index (χ2n) is 7.75. The molecule has 4 rings (SSSR count). The first kappa shape index (κ1) is 18.3. The molecule has 27 heavy (non-hydrogen) atoms. The molecule has 0 bridgehead atoms. The number of ether oxygens (including phenoxy) is 1. The minimum Gasteiger partial charge on any atom is -0.497 e. The molecule has 0 aliphatic carbocycles. The Kier molecular flexibility index (Phi) is 5.64. The van der Waals surface area contributed by atoms with Crippen LogP contribution in [0.3, 0.4) is 0 Å². The molecule has 2 aliphatic rings. The van der Waals surface area contributed by atoms with Gasteiger partial charge >= 0.3 is 0 Å². The Labute approximate surface area is 162 Å². The molecule has 0 amide bonds. The van der Waals surface area contributed by atoms with E-state index in [1.165, 1.54) is 37.3 Å². The lowest BCUT2D eigenvalue weighted by molar-refractivity contribution is 0.0881. The molecule has 2 fully saturated rings. The zero-order chi connectivity index (χ0) is 18.6. The van der Waals surface area contributed by atoms with Crippen molar-refractivity contribution in [3.05, 3.63) is 42.0 Å². The second-order valence-corrected chi connectivity index (χ2v) is 7.75. The zero-order valence-corrected chi connectivity index (χ0v) is 16.5. The van der Waals surface area contributed by atoms with Crippen molar-refractivity contribution in [1.29, 1.82) is 0 Å².